The van der Waals surface area contributed by atoms with Crippen molar-refractivity contribution in [3.8, 4) is 5.75 Å². The van der Waals surface area contributed by atoms with E-state index in [1.54, 1.807) is 24.4 Å². The Kier molecular flexibility index (Phi) is 5.22. The van der Waals surface area contributed by atoms with Crippen molar-refractivity contribution in [1.82, 2.24) is 13.7 Å². The summed E-state index contributed by atoms with van der Waals surface area (Å²) in [6, 6.07) is 9.93. The highest BCUT2D eigenvalue weighted by atomic mass is 32.2. The van der Waals surface area contributed by atoms with E-state index < -0.39 is 20.6 Å². The number of nitro benzene ring substituents is 1. The van der Waals surface area contributed by atoms with Crippen molar-refractivity contribution in [3.05, 3.63) is 74.8 Å². The first-order valence-corrected chi connectivity index (χ1v) is 10.7. The second kappa shape index (κ2) is 7.84. The van der Waals surface area contributed by atoms with Gasteiger partial charge in [0.15, 0.2) is 5.75 Å². The van der Waals surface area contributed by atoms with E-state index in [1.807, 2.05) is 0 Å². The van der Waals surface area contributed by atoms with Crippen LogP contribution in [0.5, 0.6) is 5.75 Å². The van der Waals surface area contributed by atoms with Crippen LogP contribution in [0, 0.1) is 10.1 Å². The molecule has 11 heteroatoms. The molecular formula is C19H18N4O6S. The standard InChI is InChI=1S/C19H18N4O6S/c24-19-11-14(20-18-5-1-2-10-22(18)19)13-29-17-7-6-15(12-16(17)23(25)26)30(27,28)21-8-3-4-9-21/h1-2,5-7,10-12H,3-4,8-9,13H2. The SMILES string of the molecule is O=c1cc(COc2ccc(S(=O)(=O)N3CCCC3)cc2[N+](=O)[O-])nc2ccccn12. The molecule has 156 valence electrons. The quantitative estimate of drug-likeness (QED) is 0.432. The van der Waals surface area contributed by atoms with Crippen LogP contribution in [0.15, 0.2) is 58.4 Å². The molecule has 0 spiro atoms. The molecule has 10 nitrogen and oxygen atoms in total. The Labute approximate surface area is 171 Å². The molecule has 2 aromatic heterocycles. The summed E-state index contributed by atoms with van der Waals surface area (Å²) in [6.07, 6.45) is 3.11. The molecular weight excluding hydrogens is 412 g/mol. The van der Waals surface area contributed by atoms with Gasteiger partial charge < -0.3 is 4.74 Å². The summed E-state index contributed by atoms with van der Waals surface area (Å²) >= 11 is 0. The highest BCUT2D eigenvalue weighted by Crippen LogP contribution is 2.32. The van der Waals surface area contributed by atoms with Gasteiger partial charge in [-0.05, 0) is 37.1 Å². The van der Waals surface area contributed by atoms with Gasteiger partial charge in [-0.3, -0.25) is 19.3 Å². The number of nitro groups is 1. The summed E-state index contributed by atoms with van der Waals surface area (Å²) in [7, 11) is -3.79. The van der Waals surface area contributed by atoms with E-state index in [0.29, 0.717) is 24.4 Å². The number of ether oxygens (including phenoxy) is 1. The molecule has 1 saturated heterocycles. The van der Waals surface area contributed by atoms with Crippen LogP contribution >= 0.6 is 0 Å². The van der Waals surface area contributed by atoms with Crippen molar-refractivity contribution in [2.24, 2.45) is 0 Å². The Bertz CT molecular complexity index is 1280. The summed E-state index contributed by atoms with van der Waals surface area (Å²) in [6.45, 7) is 0.620. The fourth-order valence-electron chi connectivity index (χ4n) is 3.33. The minimum atomic E-state index is -3.79. The molecule has 1 fully saturated rings. The Hall–Kier alpha value is -3.31. The molecule has 0 N–H and O–H groups in total. The topological polar surface area (TPSA) is 124 Å². The summed E-state index contributed by atoms with van der Waals surface area (Å²) in [4.78, 5) is 27.1. The third-order valence-corrected chi connectivity index (χ3v) is 6.72. The molecule has 0 aliphatic carbocycles. The van der Waals surface area contributed by atoms with Gasteiger partial charge in [0.05, 0.1) is 15.5 Å². The molecule has 0 radical (unpaired) electrons. The van der Waals surface area contributed by atoms with Crippen molar-refractivity contribution < 1.29 is 18.1 Å². The fourth-order valence-corrected chi connectivity index (χ4v) is 4.87. The summed E-state index contributed by atoms with van der Waals surface area (Å²) in [5, 5.41) is 11.5. The van der Waals surface area contributed by atoms with E-state index in [4.69, 9.17) is 4.74 Å². The maximum absolute atomic E-state index is 12.7. The Morgan fingerprint density at radius 1 is 1.13 bits per heavy atom. The fraction of sp³-hybridized carbons (Fsp3) is 0.263. The van der Waals surface area contributed by atoms with Crippen molar-refractivity contribution in [2.75, 3.05) is 13.1 Å². The lowest BCUT2D eigenvalue weighted by Gasteiger charge is -2.16. The van der Waals surface area contributed by atoms with E-state index in [2.05, 4.69) is 4.98 Å². The van der Waals surface area contributed by atoms with E-state index in [-0.39, 0.29) is 22.8 Å². The number of pyridine rings is 1. The van der Waals surface area contributed by atoms with Gasteiger partial charge >= 0.3 is 5.69 Å². The highest BCUT2D eigenvalue weighted by Gasteiger charge is 2.29. The number of nitrogens with zero attached hydrogens (tertiary/aromatic N) is 4. The maximum atomic E-state index is 12.7. The first-order valence-electron chi connectivity index (χ1n) is 9.25. The zero-order valence-corrected chi connectivity index (χ0v) is 16.6. The lowest BCUT2D eigenvalue weighted by Crippen LogP contribution is -2.27. The van der Waals surface area contributed by atoms with Gasteiger partial charge in [-0.25, -0.2) is 13.4 Å². The third kappa shape index (κ3) is 3.76. The van der Waals surface area contributed by atoms with Crippen LogP contribution in [0.25, 0.3) is 5.65 Å². The van der Waals surface area contributed by atoms with Crippen LogP contribution in [0.2, 0.25) is 0 Å². The highest BCUT2D eigenvalue weighted by molar-refractivity contribution is 7.89. The molecule has 1 aromatic carbocycles. The van der Waals surface area contributed by atoms with E-state index >= 15 is 0 Å². The first kappa shape index (κ1) is 20.0. The van der Waals surface area contributed by atoms with Crippen LogP contribution in [0.3, 0.4) is 0 Å². The minimum absolute atomic E-state index is 0.101. The molecule has 3 heterocycles. The van der Waals surface area contributed by atoms with Crippen LogP contribution in [-0.2, 0) is 16.6 Å². The molecule has 4 rings (SSSR count). The number of rotatable bonds is 6. The molecule has 30 heavy (non-hydrogen) atoms. The van der Waals surface area contributed by atoms with Crippen molar-refractivity contribution in [1.29, 1.82) is 0 Å². The predicted molar refractivity (Wildman–Crippen MR) is 107 cm³/mol. The monoisotopic (exact) mass is 430 g/mol. The van der Waals surface area contributed by atoms with E-state index in [0.717, 1.165) is 18.9 Å². The van der Waals surface area contributed by atoms with Gasteiger partial charge in [0.1, 0.15) is 12.3 Å². The van der Waals surface area contributed by atoms with Crippen LogP contribution in [0.1, 0.15) is 18.5 Å². The van der Waals surface area contributed by atoms with E-state index in [9.17, 15) is 23.3 Å². The van der Waals surface area contributed by atoms with Crippen molar-refractivity contribution in [3.63, 3.8) is 0 Å². The Balaban J connectivity index is 1.61. The maximum Gasteiger partial charge on any atom is 0.312 e. The average molecular weight is 430 g/mol. The molecule has 1 aliphatic heterocycles. The van der Waals surface area contributed by atoms with Gasteiger partial charge in [-0.1, -0.05) is 6.07 Å². The Morgan fingerprint density at radius 3 is 2.63 bits per heavy atom. The summed E-state index contributed by atoms with van der Waals surface area (Å²) < 4.78 is 33.6. The zero-order chi connectivity index (χ0) is 21.3. The predicted octanol–water partition coefficient (Wildman–Crippen LogP) is 1.97. The van der Waals surface area contributed by atoms with Crippen molar-refractivity contribution in [2.45, 2.75) is 24.3 Å². The lowest BCUT2D eigenvalue weighted by atomic mass is 10.3. The summed E-state index contributed by atoms with van der Waals surface area (Å²) in [5.41, 5.74) is -0.0482. The largest absolute Gasteiger partial charge is 0.480 e. The van der Waals surface area contributed by atoms with Crippen molar-refractivity contribution >= 4 is 21.4 Å². The van der Waals surface area contributed by atoms with Gasteiger partial charge in [-0.2, -0.15) is 4.31 Å². The molecule has 0 atom stereocenters. The number of hydrogen-bond donors (Lipinski definition) is 0. The Morgan fingerprint density at radius 2 is 1.90 bits per heavy atom. The first-order chi connectivity index (χ1) is 14.4. The molecule has 0 saturated carbocycles. The molecule has 0 amide bonds. The van der Waals surface area contributed by atoms with Gasteiger partial charge in [0.2, 0.25) is 10.0 Å². The third-order valence-electron chi connectivity index (χ3n) is 4.83. The molecule has 0 unspecified atom stereocenters. The normalized spacial score (nSPS) is 14.8. The summed E-state index contributed by atoms with van der Waals surface area (Å²) in [5.74, 6) is -0.101. The average Bonchev–Trinajstić information content (AvgIpc) is 3.28. The second-order valence-electron chi connectivity index (χ2n) is 6.80. The number of benzene rings is 1. The number of fused-ring (bicyclic) bond motifs is 1. The number of hydrogen-bond acceptors (Lipinski definition) is 7. The number of aromatic nitrogens is 2. The van der Waals surface area contributed by atoms with Gasteiger partial charge in [0.25, 0.3) is 5.56 Å². The molecule has 0 bridgehead atoms. The second-order valence-corrected chi connectivity index (χ2v) is 8.74. The molecule has 3 aromatic rings. The minimum Gasteiger partial charge on any atom is -0.480 e. The van der Waals surface area contributed by atoms with Gasteiger partial charge in [0, 0.05) is 31.4 Å². The van der Waals surface area contributed by atoms with Crippen LogP contribution in [0.4, 0.5) is 5.69 Å². The van der Waals surface area contributed by atoms with Crippen LogP contribution in [-0.4, -0.2) is 40.1 Å². The van der Waals surface area contributed by atoms with Crippen LogP contribution < -0.4 is 10.3 Å². The molecule has 1 aliphatic rings. The number of sulfonamides is 1. The smallest absolute Gasteiger partial charge is 0.312 e. The zero-order valence-electron chi connectivity index (χ0n) is 15.8. The lowest BCUT2D eigenvalue weighted by molar-refractivity contribution is -0.386. The van der Waals surface area contributed by atoms with E-state index in [1.165, 1.54) is 26.9 Å². The van der Waals surface area contributed by atoms with Gasteiger partial charge in [-0.15, -0.1) is 0 Å².